The van der Waals surface area contributed by atoms with Crippen LogP contribution in [0.4, 0.5) is 5.82 Å². The lowest BCUT2D eigenvalue weighted by molar-refractivity contribution is -0.117. The molecule has 4 nitrogen and oxygen atoms in total. The predicted molar refractivity (Wildman–Crippen MR) is 58.4 cm³/mol. The first-order valence-corrected chi connectivity index (χ1v) is 5.33. The Labute approximate surface area is 97.2 Å². The summed E-state index contributed by atoms with van der Waals surface area (Å²) in [6.45, 7) is 2.28. The molecule has 0 bridgehead atoms. The van der Waals surface area contributed by atoms with Gasteiger partial charge in [-0.1, -0.05) is 0 Å². The summed E-state index contributed by atoms with van der Waals surface area (Å²) in [6, 6.07) is 1.72. The van der Waals surface area contributed by atoms with Gasteiger partial charge in [-0.25, -0.2) is 9.97 Å². The Kier molecular flexibility index (Phi) is 2.80. The second-order valence-corrected chi connectivity index (χ2v) is 4.40. The molecule has 1 fully saturated rings. The van der Waals surface area contributed by atoms with Crippen LogP contribution in [0, 0.1) is 6.92 Å². The molecular formula is C9H9Cl2N3O. The van der Waals surface area contributed by atoms with E-state index < -0.39 is 0 Å². The van der Waals surface area contributed by atoms with Gasteiger partial charge in [0.1, 0.15) is 5.82 Å². The van der Waals surface area contributed by atoms with Crippen LogP contribution < -0.4 is 4.90 Å². The molecule has 1 amide bonds. The molecule has 1 atom stereocenters. The zero-order valence-corrected chi connectivity index (χ0v) is 9.59. The smallest absolute Gasteiger partial charge is 0.229 e. The SMILES string of the molecule is Cc1cc(N2CC(Cl)CC2=O)nc(Cl)n1. The summed E-state index contributed by atoms with van der Waals surface area (Å²) < 4.78 is 0. The standard InChI is InChI=1S/C9H9Cl2N3O/c1-5-2-7(13-9(11)12-5)14-4-6(10)3-8(14)15/h2,6H,3-4H2,1H3. The van der Waals surface area contributed by atoms with Crippen LogP contribution in [0.1, 0.15) is 12.1 Å². The lowest BCUT2D eigenvalue weighted by Crippen LogP contribution is -2.25. The lowest BCUT2D eigenvalue weighted by Gasteiger charge is -2.14. The number of hydrogen-bond donors (Lipinski definition) is 0. The summed E-state index contributed by atoms with van der Waals surface area (Å²) in [6.07, 6.45) is 0.349. The van der Waals surface area contributed by atoms with Gasteiger partial charge >= 0.3 is 0 Å². The van der Waals surface area contributed by atoms with Crippen molar-refractivity contribution >= 4 is 34.9 Å². The van der Waals surface area contributed by atoms with Crippen LogP contribution in [0.2, 0.25) is 5.28 Å². The van der Waals surface area contributed by atoms with Gasteiger partial charge in [0.2, 0.25) is 11.2 Å². The summed E-state index contributed by atoms with van der Waals surface area (Å²) in [5.74, 6) is 0.504. The number of alkyl halides is 1. The van der Waals surface area contributed by atoms with Gasteiger partial charge in [0, 0.05) is 24.7 Å². The molecule has 1 aromatic heterocycles. The van der Waals surface area contributed by atoms with Crippen molar-refractivity contribution in [3.05, 3.63) is 17.0 Å². The molecule has 0 spiro atoms. The molecule has 0 aliphatic carbocycles. The van der Waals surface area contributed by atoms with Crippen LogP contribution in [0.15, 0.2) is 6.07 Å². The fourth-order valence-corrected chi connectivity index (χ4v) is 2.03. The van der Waals surface area contributed by atoms with E-state index in [1.54, 1.807) is 13.0 Å². The summed E-state index contributed by atoms with van der Waals surface area (Å²) in [4.78, 5) is 21.0. The van der Waals surface area contributed by atoms with Crippen molar-refractivity contribution in [3.8, 4) is 0 Å². The predicted octanol–water partition coefficient (Wildman–Crippen LogP) is 1.78. The van der Waals surface area contributed by atoms with Crippen LogP contribution in [-0.4, -0.2) is 27.8 Å². The molecule has 1 aliphatic heterocycles. The van der Waals surface area contributed by atoms with E-state index in [0.29, 0.717) is 18.8 Å². The average Bonchev–Trinajstić information content (AvgIpc) is 2.43. The molecule has 0 aromatic carbocycles. The number of halogens is 2. The van der Waals surface area contributed by atoms with Crippen LogP contribution in [0.5, 0.6) is 0 Å². The minimum absolute atomic E-state index is 0.0239. The van der Waals surface area contributed by atoms with Crippen molar-refractivity contribution in [1.82, 2.24) is 9.97 Å². The van der Waals surface area contributed by atoms with Crippen LogP contribution >= 0.6 is 23.2 Å². The Hall–Kier alpha value is -0.870. The van der Waals surface area contributed by atoms with E-state index in [1.807, 2.05) is 0 Å². The first-order chi connectivity index (χ1) is 7.06. The lowest BCUT2D eigenvalue weighted by atomic mass is 10.4. The van der Waals surface area contributed by atoms with E-state index in [0.717, 1.165) is 5.69 Å². The number of aryl methyl sites for hydroxylation is 1. The highest BCUT2D eigenvalue weighted by atomic mass is 35.5. The number of nitrogens with zero attached hydrogens (tertiary/aromatic N) is 3. The van der Waals surface area contributed by atoms with E-state index in [2.05, 4.69) is 9.97 Å². The highest BCUT2D eigenvalue weighted by Gasteiger charge is 2.30. The van der Waals surface area contributed by atoms with Crippen LogP contribution in [-0.2, 0) is 4.79 Å². The van der Waals surface area contributed by atoms with Gasteiger partial charge in [-0.15, -0.1) is 11.6 Å². The maximum atomic E-state index is 11.5. The molecule has 1 aromatic rings. The number of hydrogen-bond acceptors (Lipinski definition) is 3. The molecule has 15 heavy (non-hydrogen) atoms. The van der Waals surface area contributed by atoms with E-state index in [-0.39, 0.29) is 16.6 Å². The van der Waals surface area contributed by atoms with Gasteiger partial charge in [0.15, 0.2) is 0 Å². The Bertz CT molecular complexity index is 390. The summed E-state index contributed by atoms with van der Waals surface area (Å²) >= 11 is 11.6. The fourth-order valence-electron chi connectivity index (χ4n) is 1.54. The summed E-state index contributed by atoms with van der Waals surface area (Å²) in [7, 11) is 0. The molecule has 0 N–H and O–H groups in total. The zero-order valence-electron chi connectivity index (χ0n) is 8.07. The number of amides is 1. The molecule has 2 heterocycles. The Morgan fingerprint density at radius 2 is 2.27 bits per heavy atom. The molecule has 0 saturated carbocycles. The first-order valence-electron chi connectivity index (χ1n) is 4.52. The van der Waals surface area contributed by atoms with E-state index >= 15 is 0 Å². The monoisotopic (exact) mass is 245 g/mol. The highest BCUT2D eigenvalue weighted by Crippen LogP contribution is 2.23. The number of rotatable bonds is 1. The molecule has 1 saturated heterocycles. The Balaban J connectivity index is 2.33. The molecule has 0 radical (unpaired) electrons. The largest absolute Gasteiger partial charge is 0.295 e. The van der Waals surface area contributed by atoms with Gasteiger partial charge in [-0.05, 0) is 18.5 Å². The van der Waals surface area contributed by atoms with Crippen molar-refractivity contribution in [2.75, 3.05) is 11.4 Å². The van der Waals surface area contributed by atoms with Crippen LogP contribution in [0.25, 0.3) is 0 Å². The molecular weight excluding hydrogens is 237 g/mol. The minimum atomic E-state index is -0.147. The Morgan fingerprint density at radius 1 is 1.53 bits per heavy atom. The number of carbonyl (C=O) groups is 1. The number of carbonyl (C=O) groups excluding carboxylic acids is 1. The van der Waals surface area contributed by atoms with E-state index in [1.165, 1.54) is 4.90 Å². The minimum Gasteiger partial charge on any atom is -0.295 e. The molecule has 1 aliphatic rings. The summed E-state index contributed by atoms with van der Waals surface area (Å²) in [5, 5.41) is 0.00219. The maximum Gasteiger partial charge on any atom is 0.229 e. The highest BCUT2D eigenvalue weighted by molar-refractivity contribution is 6.28. The summed E-state index contributed by atoms with van der Waals surface area (Å²) in [5.41, 5.74) is 0.732. The van der Waals surface area contributed by atoms with Gasteiger partial charge in [-0.2, -0.15) is 0 Å². The van der Waals surface area contributed by atoms with Gasteiger partial charge in [0.05, 0.1) is 5.38 Å². The third kappa shape index (κ3) is 2.21. The topological polar surface area (TPSA) is 46.1 Å². The van der Waals surface area contributed by atoms with Crippen molar-refractivity contribution in [3.63, 3.8) is 0 Å². The number of aromatic nitrogens is 2. The van der Waals surface area contributed by atoms with E-state index in [4.69, 9.17) is 23.2 Å². The van der Waals surface area contributed by atoms with Gasteiger partial charge < -0.3 is 0 Å². The molecule has 6 heteroatoms. The van der Waals surface area contributed by atoms with E-state index in [9.17, 15) is 4.79 Å². The third-order valence-corrected chi connectivity index (χ3v) is 2.63. The Morgan fingerprint density at radius 3 is 2.80 bits per heavy atom. The van der Waals surface area contributed by atoms with Gasteiger partial charge in [0.25, 0.3) is 0 Å². The van der Waals surface area contributed by atoms with Crippen molar-refractivity contribution < 1.29 is 4.79 Å². The van der Waals surface area contributed by atoms with Crippen molar-refractivity contribution in [1.29, 1.82) is 0 Å². The number of anilines is 1. The molecule has 1 unspecified atom stereocenters. The van der Waals surface area contributed by atoms with Gasteiger partial charge in [-0.3, -0.25) is 9.69 Å². The average molecular weight is 246 g/mol. The quantitative estimate of drug-likeness (QED) is 0.560. The second kappa shape index (κ2) is 3.94. The van der Waals surface area contributed by atoms with Crippen molar-refractivity contribution in [2.45, 2.75) is 18.7 Å². The zero-order chi connectivity index (χ0) is 11.0. The molecule has 80 valence electrons. The normalized spacial score (nSPS) is 21.1. The first kappa shape index (κ1) is 10.6. The molecule has 2 rings (SSSR count). The second-order valence-electron chi connectivity index (χ2n) is 3.44. The van der Waals surface area contributed by atoms with Crippen molar-refractivity contribution in [2.24, 2.45) is 0 Å². The van der Waals surface area contributed by atoms with Crippen LogP contribution in [0.3, 0.4) is 0 Å². The third-order valence-electron chi connectivity index (χ3n) is 2.17. The maximum absolute atomic E-state index is 11.5. The fraction of sp³-hybridized carbons (Fsp3) is 0.444.